The number of hydrogen-bond donors (Lipinski definition) is 2. The van der Waals surface area contributed by atoms with Crippen molar-refractivity contribution in [2.24, 2.45) is 0 Å². The Hall–Kier alpha value is -1.13. The fourth-order valence-corrected chi connectivity index (χ4v) is 3.04. The first-order valence-corrected chi connectivity index (χ1v) is 6.30. The van der Waals surface area contributed by atoms with Crippen LogP contribution in [0.5, 0.6) is 0 Å². The molecule has 1 aromatic heterocycles. The van der Waals surface area contributed by atoms with Crippen LogP contribution in [-0.4, -0.2) is 35.3 Å². The van der Waals surface area contributed by atoms with Crippen molar-refractivity contribution in [3.8, 4) is 0 Å². The van der Waals surface area contributed by atoms with Crippen molar-refractivity contribution in [3.05, 3.63) is 22.9 Å². The van der Waals surface area contributed by atoms with Crippen molar-refractivity contribution in [2.45, 2.75) is 39.0 Å². The molecule has 2 aliphatic rings. The fraction of sp³-hybridized carbons (Fsp3) is 0.615. The molecule has 0 bridgehead atoms. The maximum absolute atomic E-state index is 9.29. The van der Waals surface area contributed by atoms with Gasteiger partial charge in [0.1, 0.15) is 5.82 Å². The number of rotatable bonds is 1. The van der Waals surface area contributed by atoms with Gasteiger partial charge in [-0.3, -0.25) is 0 Å². The third kappa shape index (κ3) is 1.63. The third-order valence-corrected chi connectivity index (χ3v) is 3.93. The minimum Gasteiger partial charge on any atom is -0.392 e. The molecule has 0 aromatic carbocycles. The molecule has 17 heavy (non-hydrogen) atoms. The number of aromatic nitrogens is 1. The Bertz CT molecular complexity index is 447. The van der Waals surface area contributed by atoms with E-state index in [0.717, 1.165) is 36.6 Å². The molecule has 2 atom stereocenters. The van der Waals surface area contributed by atoms with Gasteiger partial charge in [0.2, 0.25) is 0 Å². The van der Waals surface area contributed by atoms with Gasteiger partial charge in [0.25, 0.3) is 0 Å². The molecule has 1 fully saturated rings. The number of piperazine rings is 1. The van der Waals surface area contributed by atoms with Crippen molar-refractivity contribution < 1.29 is 5.11 Å². The molecule has 4 heteroatoms. The number of aryl methyl sites for hydroxylation is 1. The van der Waals surface area contributed by atoms with Crippen LogP contribution in [-0.2, 0) is 13.0 Å². The Morgan fingerprint density at radius 1 is 1.53 bits per heavy atom. The van der Waals surface area contributed by atoms with Crippen LogP contribution in [0.15, 0.2) is 6.07 Å². The molecule has 4 nitrogen and oxygen atoms in total. The molecule has 0 unspecified atom stereocenters. The van der Waals surface area contributed by atoms with E-state index in [2.05, 4.69) is 23.2 Å². The first-order chi connectivity index (χ1) is 8.20. The average molecular weight is 233 g/mol. The molecule has 2 N–H and O–H groups in total. The van der Waals surface area contributed by atoms with E-state index in [1.165, 1.54) is 5.56 Å². The van der Waals surface area contributed by atoms with E-state index in [9.17, 15) is 5.11 Å². The van der Waals surface area contributed by atoms with E-state index >= 15 is 0 Å². The lowest BCUT2D eigenvalue weighted by Gasteiger charge is -2.37. The van der Waals surface area contributed by atoms with E-state index in [-0.39, 0.29) is 6.61 Å². The molecule has 1 saturated heterocycles. The van der Waals surface area contributed by atoms with Crippen molar-refractivity contribution in [2.75, 3.05) is 18.0 Å². The highest BCUT2D eigenvalue weighted by atomic mass is 16.3. The van der Waals surface area contributed by atoms with Crippen molar-refractivity contribution in [1.29, 1.82) is 0 Å². The number of anilines is 1. The van der Waals surface area contributed by atoms with Crippen LogP contribution in [0.1, 0.15) is 23.7 Å². The maximum Gasteiger partial charge on any atom is 0.132 e. The summed E-state index contributed by atoms with van der Waals surface area (Å²) in [4.78, 5) is 7.14. The van der Waals surface area contributed by atoms with Crippen LogP contribution >= 0.6 is 0 Å². The van der Waals surface area contributed by atoms with Crippen molar-refractivity contribution >= 4 is 5.82 Å². The van der Waals surface area contributed by atoms with Gasteiger partial charge >= 0.3 is 0 Å². The van der Waals surface area contributed by atoms with Gasteiger partial charge in [-0.1, -0.05) is 0 Å². The summed E-state index contributed by atoms with van der Waals surface area (Å²) in [7, 11) is 0. The van der Waals surface area contributed by atoms with Gasteiger partial charge in [0.15, 0.2) is 0 Å². The Labute approximate surface area is 102 Å². The van der Waals surface area contributed by atoms with Gasteiger partial charge in [0, 0.05) is 30.9 Å². The topological polar surface area (TPSA) is 48.4 Å². The number of aliphatic hydroxyl groups is 1. The molecule has 0 spiro atoms. The smallest absolute Gasteiger partial charge is 0.132 e. The summed E-state index contributed by atoms with van der Waals surface area (Å²) in [5.74, 6) is 1.14. The molecular weight excluding hydrogens is 214 g/mol. The third-order valence-electron chi connectivity index (χ3n) is 3.93. The van der Waals surface area contributed by atoms with Crippen LogP contribution in [0, 0.1) is 6.92 Å². The second-order valence-corrected chi connectivity index (χ2v) is 5.15. The Morgan fingerprint density at radius 2 is 2.35 bits per heavy atom. The van der Waals surface area contributed by atoms with Gasteiger partial charge in [-0.05, 0) is 37.5 Å². The minimum absolute atomic E-state index is 0.0879. The van der Waals surface area contributed by atoms with Gasteiger partial charge in [0.05, 0.1) is 6.61 Å². The second kappa shape index (κ2) is 3.96. The largest absolute Gasteiger partial charge is 0.392 e. The highest BCUT2D eigenvalue weighted by Gasteiger charge is 2.36. The maximum atomic E-state index is 9.29. The first-order valence-electron chi connectivity index (χ1n) is 6.30. The molecule has 1 aromatic rings. The molecule has 0 aliphatic carbocycles. The van der Waals surface area contributed by atoms with Crippen molar-refractivity contribution in [1.82, 2.24) is 10.3 Å². The summed E-state index contributed by atoms with van der Waals surface area (Å²) >= 11 is 0. The van der Waals surface area contributed by atoms with E-state index in [1.54, 1.807) is 0 Å². The van der Waals surface area contributed by atoms with Gasteiger partial charge < -0.3 is 15.3 Å². The Morgan fingerprint density at radius 3 is 3.12 bits per heavy atom. The van der Waals surface area contributed by atoms with Crippen LogP contribution in [0.3, 0.4) is 0 Å². The molecule has 3 heterocycles. The number of nitrogens with one attached hydrogen (secondary N) is 1. The van der Waals surface area contributed by atoms with Crippen LogP contribution in [0.2, 0.25) is 0 Å². The summed E-state index contributed by atoms with van der Waals surface area (Å²) in [6.07, 6.45) is 1.05. The lowest BCUT2D eigenvalue weighted by Crippen LogP contribution is -2.55. The van der Waals surface area contributed by atoms with Crippen LogP contribution in [0.4, 0.5) is 5.82 Å². The normalized spacial score (nSPS) is 26.9. The second-order valence-electron chi connectivity index (χ2n) is 5.15. The summed E-state index contributed by atoms with van der Waals surface area (Å²) < 4.78 is 0. The summed E-state index contributed by atoms with van der Waals surface area (Å²) in [5.41, 5.74) is 3.21. The number of hydrogen-bond acceptors (Lipinski definition) is 4. The number of nitrogens with zero attached hydrogens (tertiary/aromatic N) is 2. The molecule has 0 amide bonds. The SMILES string of the molecule is Cc1nc2c(cc1CO)C[C@@H]1CNC[C@@H](C)N21. The zero-order valence-electron chi connectivity index (χ0n) is 10.4. The number of pyridine rings is 1. The number of fused-ring (bicyclic) bond motifs is 3. The monoisotopic (exact) mass is 233 g/mol. The summed E-state index contributed by atoms with van der Waals surface area (Å²) in [6, 6.07) is 3.17. The summed E-state index contributed by atoms with van der Waals surface area (Å²) in [6.45, 7) is 6.37. The van der Waals surface area contributed by atoms with Crippen molar-refractivity contribution in [3.63, 3.8) is 0 Å². The zero-order chi connectivity index (χ0) is 12.0. The predicted octanol–water partition coefficient (Wildman–Crippen LogP) is 0.605. The predicted molar refractivity (Wildman–Crippen MR) is 67.2 cm³/mol. The van der Waals surface area contributed by atoms with Crippen LogP contribution in [0.25, 0.3) is 0 Å². The fourth-order valence-electron chi connectivity index (χ4n) is 3.04. The van der Waals surface area contributed by atoms with Crippen LogP contribution < -0.4 is 10.2 Å². The zero-order valence-corrected chi connectivity index (χ0v) is 10.4. The molecule has 0 saturated carbocycles. The summed E-state index contributed by atoms with van der Waals surface area (Å²) in [5, 5.41) is 12.8. The van der Waals surface area contributed by atoms with E-state index < -0.39 is 0 Å². The van der Waals surface area contributed by atoms with Gasteiger partial charge in [-0.15, -0.1) is 0 Å². The molecule has 0 radical (unpaired) electrons. The van der Waals surface area contributed by atoms with Gasteiger partial charge in [-0.2, -0.15) is 0 Å². The minimum atomic E-state index is 0.0879. The number of aliphatic hydroxyl groups excluding tert-OH is 1. The Kier molecular flexibility index (Phi) is 2.56. The molecule has 92 valence electrons. The highest BCUT2D eigenvalue weighted by Crippen LogP contribution is 2.34. The standard InChI is InChI=1S/C13H19N3O/c1-8-5-14-6-12-4-10-3-11(7-17)9(2)15-13(10)16(8)12/h3,8,12,14,17H,4-7H2,1-2H3/t8-,12-/m1/s1. The van der Waals surface area contributed by atoms with E-state index in [0.29, 0.717) is 12.1 Å². The first kappa shape index (κ1) is 11.0. The average Bonchev–Trinajstić information content (AvgIpc) is 2.66. The highest BCUT2D eigenvalue weighted by molar-refractivity contribution is 5.57. The molecule has 2 aliphatic heterocycles. The lowest BCUT2D eigenvalue weighted by molar-refractivity contribution is 0.280. The lowest BCUT2D eigenvalue weighted by atomic mass is 10.1. The quantitative estimate of drug-likeness (QED) is 0.746. The molecule has 3 rings (SSSR count). The van der Waals surface area contributed by atoms with E-state index in [1.807, 2.05) is 6.92 Å². The van der Waals surface area contributed by atoms with Gasteiger partial charge in [-0.25, -0.2) is 4.98 Å². The molecular formula is C13H19N3O. The van der Waals surface area contributed by atoms with E-state index in [4.69, 9.17) is 4.98 Å². The Balaban J connectivity index is 2.04.